The molecule has 0 radical (unpaired) electrons. The van der Waals surface area contributed by atoms with Gasteiger partial charge in [0.05, 0.1) is 18.6 Å². The van der Waals surface area contributed by atoms with Crippen LogP contribution in [-0.4, -0.2) is 60.3 Å². The van der Waals surface area contributed by atoms with Gasteiger partial charge in [-0.2, -0.15) is 0 Å². The first kappa shape index (κ1) is 25.1. The van der Waals surface area contributed by atoms with Crippen molar-refractivity contribution in [3.05, 3.63) is 60.3 Å². The zero-order chi connectivity index (χ0) is 24.1. The lowest BCUT2D eigenvalue weighted by atomic mass is 9.68. The highest BCUT2D eigenvalue weighted by atomic mass is 16.6. The molecule has 3 fully saturated rings. The number of rotatable bonds is 10. The number of carbonyl (C=O) groups excluding carboxylic acids is 1. The molecule has 2 heterocycles. The number of hydrogen-bond donors (Lipinski definition) is 1. The van der Waals surface area contributed by atoms with E-state index in [0.717, 1.165) is 18.9 Å². The molecule has 33 heavy (non-hydrogen) atoms. The van der Waals surface area contributed by atoms with Gasteiger partial charge in [0.15, 0.2) is 0 Å². The Hall–Kier alpha value is -2.48. The minimum Gasteiger partial charge on any atom is -0.478 e. The normalized spacial score (nSPS) is 35.6. The highest BCUT2D eigenvalue weighted by Gasteiger charge is 2.72. The van der Waals surface area contributed by atoms with E-state index in [1.165, 1.54) is 17.7 Å². The van der Waals surface area contributed by atoms with Crippen molar-refractivity contribution in [2.45, 2.75) is 69.5 Å². The van der Waals surface area contributed by atoms with Crippen molar-refractivity contribution in [2.24, 2.45) is 5.92 Å². The van der Waals surface area contributed by atoms with Gasteiger partial charge in [0.1, 0.15) is 23.4 Å². The van der Waals surface area contributed by atoms with Gasteiger partial charge >= 0.3 is 11.9 Å². The van der Waals surface area contributed by atoms with Crippen molar-refractivity contribution in [3.63, 3.8) is 0 Å². The lowest BCUT2D eigenvalue weighted by molar-refractivity contribution is -0.166. The van der Waals surface area contributed by atoms with Crippen LogP contribution in [0.1, 0.15) is 40.0 Å². The first-order chi connectivity index (χ1) is 15.7. The molecule has 2 aliphatic heterocycles. The van der Waals surface area contributed by atoms with E-state index < -0.39 is 11.9 Å². The summed E-state index contributed by atoms with van der Waals surface area (Å²) in [6, 6.07) is 0. The molecule has 1 aliphatic carbocycles. The summed E-state index contributed by atoms with van der Waals surface area (Å²) in [6.45, 7) is 6.96. The molecule has 0 bridgehead atoms. The highest BCUT2D eigenvalue weighted by molar-refractivity contribution is 5.82. The van der Waals surface area contributed by atoms with Crippen LogP contribution in [-0.2, 0) is 28.5 Å². The molecule has 180 valence electrons. The number of carboxylic acid groups (broad SMARTS) is 1. The van der Waals surface area contributed by atoms with E-state index in [1.54, 1.807) is 37.5 Å². The fourth-order valence-electron chi connectivity index (χ4n) is 4.79. The highest BCUT2D eigenvalue weighted by Crippen LogP contribution is 2.59. The molecule has 6 atom stereocenters. The van der Waals surface area contributed by atoms with Crippen LogP contribution in [0.4, 0.5) is 0 Å². The van der Waals surface area contributed by atoms with Crippen LogP contribution in [0.3, 0.4) is 0 Å². The average Bonchev–Trinajstić information content (AvgIpc) is 3.67. The second kappa shape index (κ2) is 10.6. The SMILES string of the molecule is CO[C@H]1[C@H](C2(C)OC2CC=C(C)C)[C@]2(CC[C@H]1OC(=O)/C=C/C=C/C=C/C=C/C(=O)O)CO2. The predicted molar refractivity (Wildman–Crippen MR) is 124 cm³/mol. The molecule has 2 unspecified atom stereocenters. The number of aliphatic carboxylic acids is 1. The average molecular weight is 459 g/mol. The Kier molecular flexibility index (Phi) is 8.10. The predicted octanol–water partition coefficient (Wildman–Crippen LogP) is 3.92. The number of allylic oxidation sites excluding steroid dienone is 7. The van der Waals surface area contributed by atoms with E-state index in [-0.39, 0.29) is 35.4 Å². The monoisotopic (exact) mass is 458 g/mol. The number of ether oxygens (including phenoxy) is 4. The van der Waals surface area contributed by atoms with E-state index in [2.05, 4.69) is 26.8 Å². The molecule has 0 aromatic rings. The summed E-state index contributed by atoms with van der Waals surface area (Å²) in [5, 5.41) is 8.51. The van der Waals surface area contributed by atoms with Gasteiger partial charge in [-0.15, -0.1) is 0 Å². The maximum atomic E-state index is 12.4. The summed E-state index contributed by atoms with van der Waals surface area (Å²) in [6.07, 6.45) is 16.0. The zero-order valence-electron chi connectivity index (χ0n) is 19.7. The number of hydrogen-bond acceptors (Lipinski definition) is 6. The maximum absolute atomic E-state index is 12.4. The first-order valence-electron chi connectivity index (χ1n) is 11.3. The molecule has 0 aromatic heterocycles. The third-order valence-corrected chi connectivity index (χ3v) is 6.53. The molecular weight excluding hydrogens is 424 g/mol. The van der Waals surface area contributed by atoms with Gasteiger partial charge in [-0.3, -0.25) is 0 Å². The molecule has 0 aromatic carbocycles. The summed E-state index contributed by atoms with van der Waals surface area (Å²) in [7, 11) is 1.65. The molecule has 2 saturated heterocycles. The minimum absolute atomic E-state index is 0.00928. The second-order valence-corrected chi connectivity index (χ2v) is 9.18. The van der Waals surface area contributed by atoms with E-state index in [9.17, 15) is 9.59 Å². The van der Waals surface area contributed by atoms with Crippen LogP contribution in [0.2, 0.25) is 0 Å². The van der Waals surface area contributed by atoms with Crippen molar-refractivity contribution < 1.29 is 33.6 Å². The Morgan fingerprint density at radius 1 is 1.09 bits per heavy atom. The zero-order valence-corrected chi connectivity index (χ0v) is 19.7. The molecule has 0 amide bonds. The smallest absolute Gasteiger partial charge is 0.331 e. The Morgan fingerprint density at radius 3 is 2.30 bits per heavy atom. The van der Waals surface area contributed by atoms with Crippen LogP contribution in [0.5, 0.6) is 0 Å². The number of esters is 1. The quantitative estimate of drug-likeness (QED) is 0.174. The number of epoxide rings is 2. The third kappa shape index (κ3) is 6.31. The standard InChI is InChI=1S/C26H34O7/c1-18(2)13-14-20-25(3,33-20)24-23(30-4)19(15-16-26(24)17-31-26)32-22(29)12-10-8-6-5-7-9-11-21(27)28/h5-13,19-20,23-24H,14-17H2,1-4H3,(H,27,28)/b7-5+,8-6+,11-9+,12-10+/t19-,20?,23-,24-,25?,26+/m1/s1. The fourth-order valence-corrected chi connectivity index (χ4v) is 4.79. The van der Waals surface area contributed by atoms with Crippen LogP contribution >= 0.6 is 0 Å². The molecule has 7 nitrogen and oxygen atoms in total. The molecule has 1 spiro atoms. The first-order valence-corrected chi connectivity index (χ1v) is 11.3. The summed E-state index contributed by atoms with van der Waals surface area (Å²) in [5.74, 6) is -1.45. The van der Waals surface area contributed by atoms with E-state index >= 15 is 0 Å². The van der Waals surface area contributed by atoms with E-state index in [1.807, 2.05) is 0 Å². The maximum Gasteiger partial charge on any atom is 0.331 e. The van der Waals surface area contributed by atoms with Crippen LogP contribution in [0.25, 0.3) is 0 Å². The van der Waals surface area contributed by atoms with E-state index in [0.29, 0.717) is 13.0 Å². The van der Waals surface area contributed by atoms with Gasteiger partial charge in [0, 0.05) is 19.3 Å². The van der Waals surface area contributed by atoms with Crippen LogP contribution in [0, 0.1) is 5.92 Å². The summed E-state index contributed by atoms with van der Waals surface area (Å²) in [4.78, 5) is 22.8. The summed E-state index contributed by atoms with van der Waals surface area (Å²) < 4.78 is 23.8. The third-order valence-electron chi connectivity index (χ3n) is 6.53. The summed E-state index contributed by atoms with van der Waals surface area (Å²) in [5.41, 5.74) is 0.642. The second-order valence-electron chi connectivity index (χ2n) is 9.18. The molecule has 3 rings (SSSR count). The van der Waals surface area contributed by atoms with Crippen LogP contribution in [0.15, 0.2) is 60.3 Å². The summed E-state index contributed by atoms with van der Waals surface area (Å²) >= 11 is 0. The number of methoxy groups -OCH3 is 1. The number of carbonyl (C=O) groups is 2. The largest absolute Gasteiger partial charge is 0.478 e. The van der Waals surface area contributed by atoms with Gasteiger partial charge in [0.2, 0.25) is 0 Å². The van der Waals surface area contributed by atoms with Gasteiger partial charge in [0.25, 0.3) is 0 Å². The van der Waals surface area contributed by atoms with Gasteiger partial charge in [-0.05, 0) is 40.0 Å². The van der Waals surface area contributed by atoms with Crippen molar-refractivity contribution in [1.82, 2.24) is 0 Å². The van der Waals surface area contributed by atoms with Gasteiger partial charge in [-0.25, -0.2) is 9.59 Å². The van der Waals surface area contributed by atoms with Crippen LogP contribution < -0.4 is 0 Å². The Morgan fingerprint density at radius 2 is 1.73 bits per heavy atom. The molecule has 3 aliphatic rings. The lowest BCUT2D eigenvalue weighted by Gasteiger charge is -2.42. The molecule has 1 saturated carbocycles. The van der Waals surface area contributed by atoms with Gasteiger partial charge < -0.3 is 24.1 Å². The Labute approximate surface area is 195 Å². The molecule has 1 N–H and O–H groups in total. The van der Waals surface area contributed by atoms with Crippen molar-refractivity contribution >= 4 is 11.9 Å². The van der Waals surface area contributed by atoms with Crippen molar-refractivity contribution in [3.8, 4) is 0 Å². The number of carboxylic acids is 1. The van der Waals surface area contributed by atoms with E-state index in [4.69, 9.17) is 24.1 Å². The fraction of sp³-hybridized carbons (Fsp3) is 0.538. The lowest BCUT2D eigenvalue weighted by Crippen LogP contribution is -2.55. The Balaban J connectivity index is 1.59. The molecule has 7 heteroatoms. The van der Waals surface area contributed by atoms with Gasteiger partial charge in [-0.1, -0.05) is 48.1 Å². The van der Waals surface area contributed by atoms with Crippen molar-refractivity contribution in [1.29, 1.82) is 0 Å². The van der Waals surface area contributed by atoms with Crippen molar-refractivity contribution in [2.75, 3.05) is 13.7 Å². The molecular formula is C26H34O7. The minimum atomic E-state index is -1.00. The topological polar surface area (TPSA) is 97.9 Å². The Bertz CT molecular complexity index is 873.